The van der Waals surface area contributed by atoms with Crippen LogP contribution in [-0.2, 0) is 4.57 Å². The molecule has 40 valence electrons. The summed E-state index contributed by atoms with van der Waals surface area (Å²) in [7, 11) is -2.18. The Hall–Kier alpha value is -0.270. The molecule has 0 bridgehead atoms. The Bertz CT molecular complexity index is 90.9. The van der Waals surface area contributed by atoms with E-state index in [9.17, 15) is 8.96 Å². The molecule has 1 N–H and O–H groups in total. The smallest absolute Gasteiger partial charge is 0.216 e. The van der Waals surface area contributed by atoms with Crippen molar-refractivity contribution in [2.75, 3.05) is 6.16 Å². The van der Waals surface area contributed by atoms with E-state index in [1.807, 2.05) is 0 Å². The fourth-order valence-electron chi connectivity index (χ4n) is 0.130. The van der Waals surface area contributed by atoms with Crippen molar-refractivity contribution in [2.45, 2.75) is 0 Å². The van der Waals surface area contributed by atoms with Crippen molar-refractivity contribution in [3.8, 4) is 0 Å². The van der Waals surface area contributed by atoms with E-state index in [-0.39, 0.29) is 12.5 Å². The van der Waals surface area contributed by atoms with Gasteiger partial charge in [-0.25, -0.2) is 4.39 Å². The highest BCUT2D eigenvalue weighted by atomic mass is 31.1. The third-order valence-corrected chi connectivity index (χ3v) is 0.874. The molecule has 0 saturated carbocycles. The predicted octanol–water partition coefficient (Wildman–Crippen LogP) is 1.20. The van der Waals surface area contributed by atoms with Gasteiger partial charge in [-0.15, -0.1) is 0 Å². The van der Waals surface area contributed by atoms with Crippen LogP contribution in [0.1, 0.15) is 0 Å². The third-order valence-electron chi connectivity index (χ3n) is 0.351. The van der Waals surface area contributed by atoms with Crippen LogP contribution in [0.4, 0.5) is 4.39 Å². The molecule has 1 unspecified atom stereocenters. The summed E-state index contributed by atoms with van der Waals surface area (Å²) in [5, 5.41) is 0. The molecule has 0 aliphatic carbocycles. The molecule has 0 aromatic heterocycles. The first-order valence-electron chi connectivity index (χ1n) is 1.66. The molecule has 0 spiro atoms. The average molecular weight is 123 g/mol. The van der Waals surface area contributed by atoms with Crippen LogP contribution >= 0.6 is 8.03 Å². The summed E-state index contributed by atoms with van der Waals surface area (Å²) >= 11 is 0. The first-order valence-corrected chi connectivity index (χ1v) is 3.06. The molecule has 0 aliphatic rings. The normalized spacial score (nSPS) is 12.6. The summed E-state index contributed by atoms with van der Waals surface area (Å²) in [6.07, 6.45) is 1.16. The van der Waals surface area contributed by atoms with Gasteiger partial charge in [-0.3, -0.25) is 0 Å². The molecule has 0 aliphatic heterocycles. The van der Waals surface area contributed by atoms with Crippen molar-refractivity contribution in [3.63, 3.8) is 0 Å². The van der Waals surface area contributed by atoms with E-state index in [1.54, 1.807) is 0 Å². The van der Waals surface area contributed by atoms with Crippen LogP contribution in [-0.4, -0.2) is 11.1 Å². The van der Waals surface area contributed by atoms with Crippen LogP contribution in [0, 0.1) is 0 Å². The Kier molecular flexibility index (Phi) is 3.75. The molecule has 0 amide bonds. The molecule has 0 fully saturated rings. The maximum Gasteiger partial charge on any atom is 0.509 e. The third kappa shape index (κ3) is 5.73. The molecule has 0 aromatic carbocycles. The van der Waals surface area contributed by atoms with E-state index in [0.717, 1.165) is 6.08 Å². The molecule has 0 aromatic rings. The number of hydrogen-bond donors (Lipinski definition) is 1. The molecule has 0 rings (SSSR count). The van der Waals surface area contributed by atoms with Crippen LogP contribution in [0.15, 0.2) is 12.4 Å². The van der Waals surface area contributed by atoms with Crippen molar-refractivity contribution in [3.05, 3.63) is 12.4 Å². The minimum atomic E-state index is -2.18. The molecule has 2 nitrogen and oxygen atoms in total. The Morgan fingerprint density at radius 2 is 2.43 bits per heavy atom. The summed E-state index contributed by atoms with van der Waals surface area (Å²) in [6, 6.07) is 0. The highest BCUT2D eigenvalue weighted by molar-refractivity contribution is 7.38. The Labute approximate surface area is 41.5 Å². The zero-order valence-electron chi connectivity index (χ0n) is 3.54. The first kappa shape index (κ1) is 6.73. The maximum absolute atomic E-state index is 10.9. The minimum absolute atomic E-state index is 0.0914. The second-order valence-electron chi connectivity index (χ2n) is 0.896. The van der Waals surface area contributed by atoms with Gasteiger partial charge in [-0.2, -0.15) is 4.89 Å². The summed E-state index contributed by atoms with van der Waals surface area (Å²) in [6.45, 7) is 0. The molecule has 7 heavy (non-hydrogen) atoms. The Balaban J connectivity index is 3.14. The molecule has 0 heterocycles. The lowest BCUT2D eigenvalue weighted by molar-refractivity contribution is 0.506. The van der Waals surface area contributed by atoms with Gasteiger partial charge in [-0.1, -0.05) is 0 Å². The Morgan fingerprint density at radius 3 is 2.57 bits per heavy atom. The van der Waals surface area contributed by atoms with Gasteiger partial charge in [0.05, 0.1) is 6.33 Å². The van der Waals surface area contributed by atoms with E-state index in [0.29, 0.717) is 0 Å². The molecule has 1 atom stereocenters. The summed E-state index contributed by atoms with van der Waals surface area (Å²) in [5.74, 6) is 0. The maximum atomic E-state index is 10.9. The van der Waals surface area contributed by atoms with Gasteiger partial charge in [0, 0.05) is 0 Å². The molecule has 0 saturated heterocycles. The van der Waals surface area contributed by atoms with Crippen molar-refractivity contribution in [1.82, 2.24) is 0 Å². The van der Waals surface area contributed by atoms with Crippen LogP contribution < -0.4 is 0 Å². The zero-order valence-corrected chi connectivity index (χ0v) is 4.44. The minimum Gasteiger partial charge on any atom is -0.216 e. The van der Waals surface area contributed by atoms with Gasteiger partial charge < -0.3 is 0 Å². The van der Waals surface area contributed by atoms with E-state index in [1.165, 1.54) is 0 Å². The van der Waals surface area contributed by atoms with E-state index in [4.69, 9.17) is 4.89 Å². The van der Waals surface area contributed by atoms with E-state index >= 15 is 0 Å². The summed E-state index contributed by atoms with van der Waals surface area (Å²) in [5.41, 5.74) is 0. The zero-order chi connectivity index (χ0) is 5.70. The van der Waals surface area contributed by atoms with Crippen LogP contribution in [0.2, 0.25) is 0 Å². The second kappa shape index (κ2) is 3.90. The van der Waals surface area contributed by atoms with Gasteiger partial charge in [0.1, 0.15) is 0 Å². The van der Waals surface area contributed by atoms with Crippen LogP contribution in [0.3, 0.4) is 0 Å². The largest absolute Gasteiger partial charge is 0.509 e. The van der Waals surface area contributed by atoms with E-state index < -0.39 is 8.03 Å². The molecular weight excluding hydrogens is 118 g/mol. The molecule has 4 heteroatoms. The quantitative estimate of drug-likeness (QED) is 0.560. The SMILES string of the molecule is O=[P+](O)CC=CF. The molecular formula is C3H5FO2P+. The van der Waals surface area contributed by atoms with Crippen molar-refractivity contribution >= 4 is 8.03 Å². The predicted molar refractivity (Wildman–Crippen MR) is 24.9 cm³/mol. The first-order chi connectivity index (χ1) is 3.27. The average Bonchev–Trinajstić information content (AvgIpc) is 1.61. The Morgan fingerprint density at radius 1 is 1.86 bits per heavy atom. The summed E-state index contributed by atoms with van der Waals surface area (Å²) in [4.78, 5) is 7.97. The lowest BCUT2D eigenvalue weighted by atomic mass is 10.7. The van der Waals surface area contributed by atoms with E-state index in [2.05, 4.69) is 0 Å². The van der Waals surface area contributed by atoms with Gasteiger partial charge >= 0.3 is 8.03 Å². The van der Waals surface area contributed by atoms with Crippen molar-refractivity contribution in [1.29, 1.82) is 0 Å². The number of hydrogen-bond acceptors (Lipinski definition) is 1. The lowest BCUT2D eigenvalue weighted by Crippen LogP contribution is -1.63. The van der Waals surface area contributed by atoms with Gasteiger partial charge in [0.2, 0.25) is 0 Å². The summed E-state index contributed by atoms with van der Waals surface area (Å²) < 4.78 is 20.6. The van der Waals surface area contributed by atoms with Crippen molar-refractivity contribution in [2.24, 2.45) is 0 Å². The fourth-order valence-corrected chi connectivity index (χ4v) is 0.390. The standard InChI is InChI=1S/C3H4FO2P/c4-2-1-3-7(5)6/h1-2H,3H2/p+1. The van der Waals surface area contributed by atoms with Crippen LogP contribution in [0.5, 0.6) is 0 Å². The lowest BCUT2D eigenvalue weighted by Gasteiger charge is -1.61. The number of allylic oxidation sites excluding steroid dienone is 1. The highest BCUT2D eigenvalue weighted by Crippen LogP contribution is 2.10. The topological polar surface area (TPSA) is 37.3 Å². The molecule has 0 radical (unpaired) electrons. The number of halogens is 1. The number of rotatable bonds is 2. The van der Waals surface area contributed by atoms with Gasteiger partial charge in [0.15, 0.2) is 6.16 Å². The fraction of sp³-hybridized carbons (Fsp3) is 0.333. The van der Waals surface area contributed by atoms with Gasteiger partial charge in [0.25, 0.3) is 0 Å². The van der Waals surface area contributed by atoms with Crippen LogP contribution in [0.25, 0.3) is 0 Å². The monoisotopic (exact) mass is 123 g/mol. The highest BCUT2D eigenvalue weighted by Gasteiger charge is 2.02. The second-order valence-corrected chi connectivity index (χ2v) is 1.97. The van der Waals surface area contributed by atoms with Crippen molar-refractivity contribution < 1.29 is 13.8 Å². The van der Waals surface area contributed by atoms with Gasteiger partial charge in [-0.05, 0) is 10.6 Å².